The van der Waals surface area contributed by atoms with Crippen LogP contribution in [-0.4, -0.2) is 31.2 Å². The van der Waals surface area contributed by atoms with Gasteiger partial charge in [-0.3, -0.25) is 4.90 Å². The van der Waals surface area contributed by atoms with Crippen molar-refractivity contribution in [3.8, 4) is 22.6 Å². The number of rotatable bonds is 4. The molecule has 3 nitrogen and oxygen atoms in total. The maximum atomic E-state index is 6.40. The van der Waals surface area contributed by atoms with Gasteiger partial charge < -0.3 is 9.15 Å². The van der Waals surface area contributed by atoms with Gasteiger partial charge in [0.05, 0.1) is 17.7 Å². The highest BCUT2D eigenvalue weighted by Crippen LogP contribution is 2.41. The van der Waals surface area contributed by atoms with Crippen molar-refractivity contribution in [3.05, 3.63) is 67.5 Å². The zero-order valence-electron chi connectivity index (χ0n) is 14.6. The van der Waals surface area contributed by atoms with E-state index in [4.69, 9.17) is 9.15 Å². The molecule has 0 aliphatic carbocycles. The van der Waals surface area contributed by atoms with Crippen molar-refractivity contribution in [2.75, 3.05) is 26.3 Å². The molecule has 0 amide bonds. The van der Waals surface area contributed by atoms with Crippen LogP contribution in [0.3, 0.4) is 0 Å². The Balaban J connectivity index is 1.78. The van der Waals surface area contributed by atoms with Crippen molar-refractivity contribution < 1.29 is 9.15 Å². The molecule has 0 N–H and O–H groups in total. The van der Waals surface area contributed by atoms with Gasteiger partial charge in [-0.15, -0.1) is 0 Å². The molecule has 1 aliphatic rings. The van der Waals surface area contributed by atoms with Crippen LogP contribution < -0.4 is 0 Å². The van der Waals surface area contributed by atoms with E-state index in [-0.39, 0.29) is 0 Å². The monoisotopic (exact) mass is 553 g/mol. The van der Waals surface area contributed by atoms with Crippen LogP contribution in [0.15, 0.2) is 66.4 Å². The van der Waals surface area contributed by atoms with E-state index in [0.717, 1.165) is 68.9 Å². The summed E-state index contributed by atoms with van der Waals surface area (Å²) in [6, 6.07) is 16.5. The summed E-state index contributed by atoms with van der Waals surface area (Å²) < 4.78 is 15.0. The number of nitrogens with zero attached hydrogens (tertiary/aromatic N) is 1. The molecule has 1 fully saturated rings. The number of furan rings is 1. The highest BCUT2D eigenvalue weighted by atomic mass is 79.9. The average Bonchev–Trinajstić information content (AvgIpc) is 3.00. The van der Waals surface area contributed by atoms with E-state index in [9.17, 15) is 0 Å². The second-order valence-electron chi connectivity index (χ2n) is 6.46. The van der Waals surface area contributed by atoms with Crippen LogP contribution >= 0.6 is 47.8 Å². The van der Waals surface area contributed by atoms with Crippen LogP contribution in [-0.2, 0) is 11.3 Å². The van der Waals surface area contributed by atoms with Gasteiger partial charge in [0.15, 0.2) is 0 Å². The van der Waals surface area contributed by atoms with Gasteiger partial charge in [-0.2, -0.15) is 0 Å². The molecular formula is C21H18Br3NO2. The summed E-state index contributed by atoms with van der Waals surface area (Å²) in [5.74, 6) is 1.78. The Labute approximate surface area is 184 Å². The molecule has 2 heterocycles. The zero-order chi connectivity index (χ0) is 18.8. The predicted octanol–water partition coefficient (Wildman–Crippen LogP) is 6.73. The summed E-state index contributed by atoms with van der Waals surface area (Å²) in [6.07, 6.45) is 0. The van der Waals surface area contributed by atoms with Gasteiger partial charge in [0.2, 0.25) is 0 Å². The van der Waals surface area contributed by atoms with Crippen molar-refractivity contribution in [1.82, 2.24) is 4.90 Å². The fourth-order valence-corrected chi connectivity index (χ4v) is 4.33. The minimum Gasteiger partial charge on any atom is -0.455 e. The van der Waals surface area contributed by atoms with Gasteiger partial charge >= 0.3 is 0 Å². The highest BCUT2D eigenvalue weighted by molar-refractivity contribution is 9.11. The molecule has 1 aromatic heterocycles. The second-order valence-corrected chi connectivity index (χ2v) is 9.08. The van der Waals surface area contributed by atoms with Crippen LogP contribution in [0.5, 0.6) is 0 Å². The molecule has 0 saturated carbocycles. The summed E-state index contributed by atoms with van der Waals surface area (Å²) in [4.78, 5) is 2.41. The number of hydrogen-bond donors (Lipinski definition) is 0. The van der Waals surface area contributed by atoms with Crippen molar-refractivity contribution in [2.45, 2.75) is 6.54 Å². The number of morpholine rings is 1. The molecule has 0 bridgehead atoms. The quantitative estimate of drug-likeness (QED) is 0.357. The van der Waals surface area contributed by atoms with Crippen LogP contribution in [0, 0.1) is 0 Å². The van der Waals surface area contributed by atoms with Gasteiger partial charge in [0, 0.05) is 45.3 Å². The fraction of sp³-hybridized carbons (Fsp3) is 0.238. The lowest BCUT2D eigenvalue weighted by Crippen LogP contribution is -2.35. The van der Waals surface area contributed by atoms with E-state index in [1.807, 2.05) is 24.3 Å². The third kappa shape index (κ3) is 4.40. The lowest BCUT2D eigenvalue weighted by molar-refractivity contribution is 0.0341. The maximum absolute atomic E-state index is 6.40. The smallest absolute Gasteiger partial charge is 0.149 e. The van der Waals surface area contributed by atoms with Crippen LogP contribution in [0.25, 0.3) is 22.6 Å². The van der Waals surface area contributed by atoms with E-state index >= 15 is 0 Å². The molecule has 2 aromatic carbocycles. The summed E-state index contributed by atoms with van der Waals surface area (Å²) in [7, 11) is 0. The highest BCUT2D eigenvalue weighted by Gasteiger charge is 2.23. The molecule has 6 heteroatoms. The van der Waals surface area contributed by atoms with Crippen LogP contribution in [0.4, 0.5) is 0 Å². The van der Waals surface area contributed by atoms with E-state index in [1.165, 1.54) is 5.56 Å². The molecule has 0 atom stereocenters. The third-order valence-electron chi connectivity index (χ3n) is 4.64. The first kappa shape index (κ1) is 19.4. The van der Waals surface area contributed by atoms with Gasteiger partial charge in [-0.05, 0) is 40.2 Å². The van der Waals surface area contributed by atoms with Crippen LogP contribution in [0.1, 0.15) is 5.56 Å². The Kier molecular flexibility index (Phi) is 6.19. The number of halogens is 3. The van der Waals surface area contributed by atoms with Gasteiger partial charge in [-0.1, -0.05) is 56.1 Å². The largest absolute Gasteiger partial charge is 0.455 e. The molecule has 0 spiro atoms. The second kappa shape index (κ2) is 8.62. The molecular weight excluding hydrogens is 538 g/mol. The molecule has 140 valence electrons. The van der Waals surface area contributed by atoms with Crippen molar-refractivity contribution in [3.63, 3.8) is 0 Å². The molecule has 0 radical (unpaired) electrons. The van der Waals surface area contributed by atoms with E-state index in [0.29, 0.717) is 0 Å². The van der Waals surface area contributed by atoms with E-state index < -0.39 is 0 Å². The fourth-order valence-electron chi connectivity index (χ4n) is 3.19. The topological polar surface area (TPSA) is 25.6 Å². The molecule has 1 saturated heterocycles. The number of hydrogen-bond acceptors (Lipinski definition) is 3. The summed E-state index contributed by atoms with van der Waals surface area (Å²) in [6.45, 7) is 4.26. The first-order chi connectivity index (χ1) is 13.1. The lowest BCUT2D eigenvalue weighted by atomic mass is 10.1. The molecule has 0 unspecified atom stereocenters. The minimum absolute atomic E-state index is 0.780. The predicted molar refractivity (Wildman–Crippen MR) is 119 cm³/mol. The number of benzene rings is 2. The Morgan fingerprint density at radius 3 is 1.81 bits per heavy atom. The minimum atomic E-state index is 0.780. The third-order valence-corrected chi connectivity index (χ3v) is 6.54. The summed E-state index contributed by atoms with van der Waals surface area (Å²) >= 11 is 10.8. The van der Waals surface area contributed by atoms with Gasteiger partial charge in [0.25, 0.3) is 0 Å². The Morgan fingerprint density at radius 1 is 0.741 bits per heavy atom. The Bertz CT molecular complexity index is 914. The zero-order valence-corrected chi connectivity index (χ0v) is 19.3. The maximum Gasteiger partial charge on any atom is 0.149 e. The Hall–Kier alpha value is -0.920. The lowest BCUT2D eigenvalue weighted by Gasteiger charge is -2.26. The normalized spacial score (nSPS) is 15.2. The Morgan fingerprint density at radius 2 is 1.26 bits per heavy atom. The SMILES string of the molecule is Brc1ccc(-c2oc(-c3ccc(Br)cc3)c(CN3CCOCC3)c2Br)cc1. The van der Waals surface area contributed by atoms with Crippen molar-refractivity contribution in [1.29, 1.82) is 0 Å². The standard InChI is InChI=1S/C21H18Br3NO2/c22-16-5-1-14(2-6-16)20-18(13-25-9-11-26-12-10-25)19(24)21(27-20)15-3-7-17(23)8-4-15/h1-8H,9-13H2. The first-order valence-electron chi connectivity index (χ1n) is 8.75. The van der Waals surface area contributed by atoms with Gasteiger partial charge in [-0.25, -0.2) is 0 Å². The molecule has 4 rings (SSSR count). The molecule has 27 heavy (non-hydrogen) atoms. The average molecular weight is 556 g/mol. The van der Waals surface area contributed by atoms with E-state index in [1.54, 1.807) is 0 Å². The molecule has 3 aromatic rings. The number of ether oxygens (including phenoxy) is 1. The summed E-state index contributed by atoms with van der Waals surface area (Å²) in [5.41, 5.74) is 3.30. The van der Waals surface area contributed by atoms with Crippen molar-refractivity contribution >= 4 is 47.8 Å². The van der Waals surface area contributed by atoms with Crippen LogP contribution in [0.2, 0.25) is 0 Å². The molecule has 1 aliphatic heterocycles. The van der Waals surface area contributed by atoms with Gasteiger partial charge in [0.1, 0.15) is 11.5 Å². The first-order valence-corrected chi connectivity index (χ1v) is 11.1. The summed E-state index contributed by atoms with van der Waals surface area (Å²) in [5, 5.41) is 0. The van der Waals surface area contributed by atoms with Crippen molar-refractivity contribution in [2.24, 2.45) is 0 Å². The van der Waals surface area contributed by atoms with E-state index in [2.05, 4.69) is 77.0 Å².